The highest BCUT2D eigenvalue weighted by atomic mass is 32.2. The van der Waals surface area contributed by atoms with Crippen LogP contribution in [0.25, 0.3) is 11.3 Å². The topological polar surface area (TPSA) is 53.1 Å². The number of ether oxygens (including phenoxy) is 1. The Morgan fingerprint density at radius 3 is 2.73 bits per heavy atom. The summed E-state index contributed by atoms with van der Waals surface area (Å²) in [6.07, 6.45) is 1.85. The summed E-state index contributed by atoms with van der Waals surface area (Å²) in [6, 6.07) is 18.0. The van der Waals surface area contributed by atoms with Crippen LogP contribution < -0.4 is 10.6 Å². The first kappa shape index (κ1) is 14.5. The first-order chi connectivity index (χ1) is 10.8. The number of nitrogens with zero attached hydrogens (tertiary/aromatic N) is 2. The third kappa shape index (κ3) is 3.26. The van der Waals surface area contributed by atoms with E-state index in [2.05, 4.69) is 11.1 Å². The smallest absolute Gasteiger partial charge is 0.187 e. The van der Waals surface area contributed by atoms with Crippen molar-refractivity contribution >= 4 is 11.8 Å². The highest BCUT2D eigenvalue weighted by Gasteiger charge is 2.08. The van der Waals surface area contributed by atoms with Crippen molar-refractivity contribution in [2.45, 2.75) is 10.9 Å². The monoisotopic (exact) mass is 311 g/mol. The van der Waals surface area contributed by atoms with Crippen LogP contribution in [0.1, 0.15) is 5.56 Å². The lowest BCUT2D eigenvalue weighted by atomic mass is 10.2. The van der Waals surface area contributed by atoms with Crippen LogP contribution in [0.3, 0.4) is 0 Å². The number of hydrogen-bond acceptors (Lipinski definition) is 4. The lowest BCUT2D eigenvalue weighted by Crippen LogP contribution is -2.07. The van der Waals surface area contributed by atoms with E-state index in [0.717, 1.165) is 27.9 Å². The summed E-state index contributed by atoms with van der Waals surface area (Å²) in [5.41, 5.74) is 3.12. The van der Waals surface area contributed by atoms with Gasteiger partial charge >= 0.3 is 0 Å². The molecular weight excluding hydrogens is 294 g/mol. The molecule has 4 nitrogen and oxygen atoms in total. The largest absolute Gasteiger partial charge is 0.497 e. The van der Waals surface area contributed by atoms with Gasteiger partial charge < -0.3 is 10.6 Å². The second-order valence-corrected chi connectivity index (χ2v) is 5.76. The molecule has 3 rings (SSSR count). The van der Waals surface area contributed by atoms with Gasteiger partial charge in [0, 0.05) is 11.3 Å². The molecule has 5 heteroatoms. The molecule has 2 aromatic carbocycles. The fourth-order valence-corrected chi connectivity index (χ4v) is 2.98. The maximum Gasteiger partial charge on any atom is 0.187 e. The molecule has 0 atom stereocenters. The predicted octanol–water partition coefficient (Wildman–Crippen LogP) is 3.56. The molecule has 0 saturated heterocycles. The highest BCUT2D eigenvalue weighted by Crippen LogP contribution is 2.26. The van der Waals surface area contributed by atoms with Gasteiger partial charge in [0.25, 0.3) is 0 Å². The van der Waals surface area contributed by atoms with Crippen molar-refractivity contribution in [2.75, 3.05) is 13.0 Å². The lowest BCUT2D eigenvalue weighted by molar-refractivity contribution is 0.414. The van der Waals surface area contributed by atoms with E-state index in [0.29, 0.717) is 0 Å². The predicted molar refractivity (Wildman–Crippen MR) is 90.4 cm³/mol. The summed E-state index contributed by atoms with van der Waals surface area (Å²) in [7, 11) is 1.67. The molecule has 0 spiro atoms. The number of rotatable bonds is 5. The molecule has 22 heavy (non-hydrogen) atoms. The van der Waals surface area contributed by atoms with Gasteiger partial charge in [-0.2, -0.15) is 0 Å². The molecule has 0 saturated carbocycles. The van der Waals surface area contributed by atoms with Crippen molar-refractivity contribution in [1.29, 1.82) is 0 Å². The van der Waals surface area contributed by atoms with E-state index in [1.807, 2.05) is 54.7 Å². The SMILES string of the molecule is COc1cccc(CSc2nc(-c3ccccc3)cn2N)c1. The Kier molecular flexibility index (Phi) is 4.34. The normalized spacial score (nSPS) is 10.6. The Morgan fingerprint density at radius 2 is 1.95 bits per heavy atom. The molecule has 112 valence electrons. The van der Waals surface area contributed by atoms with Gasteiger partial charge in [0.15, 0.2) is 5.16 Å². The van der Waals surface area contributed by atoms with Gasteiger partial charge in [-0.3, -0.25) is 0 Å². The molecule has 3 aromatic rings. The van der Waals surface area contributed by atoms with Crippen molar-refractivity contribution in [3.63, 3.8) is 0 Å². The van der Waals surface area contributed by atoms with Gasteiger partial charge in [-0.05, 0) is 17.7 Å². The number of thioether (sulfide) groups is 1. The Labute approximate surface area is 133 Å². The quantitative estimate of drug-likeness (QED) is 0.578. The number of hydrogen-bond donors (Lipinski definition) is 1. The van der Waals surface area contributed by atoms with Gasteiger partial charge in [-0.25, -0.2) is 9.66 Å². The summed E-state index contributed by atoms with van der Waals surface area (Å²) < 4.78 is 6.81. The Morgan fingerprint density at radius 1 is 1.14 bits per heavy atom. The van der Waals surface area contributed by atoms with Crippen molar-refractivity contribution in [3.05, 3.63) is 66.4 Å². The number of aromatic nitrogens is 2. The zero-order valence-electron chi connectivity index (χ0n) is 12.3. The average Bonchev–Trinajstić information content (AvgIpc) is 2.95. The van der Waals surface area contributed by atoms with Crippen LogP contribution in [-0.4, -0.2) is 16.8 Å². The van der Waals surface area contributed by atoms with Gasteiger partial charge in [-0.15, -0.1) is 0 Å². The molecule has 0 aliphatic rings. The molecule has 0 aliphatic carbocycles. The van der Waals surface area contributed by atoms with Crippen LogP contribution in [0, 0.1) is 0 Å². The summed E-state index contributed by atoms with van der Waals surface area (Å²) in [6.45, 7) is 0. The second kappa shape index (κ2) is 6.58. The van der Waals surface area contributed by atoms with E-state index < -0.39 is 0 Å². The van der Waals surface area contributed by atoms with Crippen molar-refractivity contribution < 1.29 is 4.74 Å². The van der Waals surface area contributed by atoms with Crippen LogP contribution in [-0.2, 0) is 5.75 Å². The number of methoxy groups -OCH3 is 1. The lowest BCUT2D eigenvalue weighted by Gasteiger charge is -2.04. The number of imidazole rings is 1. The summed E-state index contributed by atoms with van der Waals surface area (Å²) >= 11 is 1.61. The van der Waals surface area contributed by atoms with Crippen LogP contribution in [0.5, 0.6) is 5.75 Å². The van der Waals surface area contributed by atoms with Crippen molar-refractivity contribution in [2.24, 2.45) is 0 Å². The zero-order valence-corrected chi connectivity index (χ0v) is 13.1. The summed E-state index contributed by atoms with van der Waals surface area (Å²) in [4.78, 5) is 4.61. The maximum absolute atomic E-state index is 6.01. The minimum absolute atomic E-state index is 0.791. The standard InChI is InChI=1S/C17H17N3OS/c1-21-15-9-5-6-13(10-15)12-22-17-19-16(11-20(17)18)14-7-3-2-4-8-14/h2-11H,12,18H2,1H3. The number of benzene rings is 2. The zero-order chi connectivity index (χ0) is 15.4. The van der Waals surface area contributed by atoms with Gasteiger partial charge in [0.05, 0.1) is 19.0 Å². The average molecular weight is 311 g/mol. The molecular formula is C17H17N3OS. The third-order valence-electron chi connectivity index (χ3n) is 3.27. The van der Waals surface area contributed by atoms with Crippen LogP contribution in [0.2, 0.25) is 0 Å². The Balaban J connectivity index is 1.74. The third-order valence-corrected chi connectivity index (χ3v) is 4.31. The fourth-order valence-electron chi connectivity index (χ4n) is 2.14. The van der Waals surface area contributed by atoms with Gasteiger partial charge in [0.1, 0.15) is 5.75 Å². The maximum atomic E-state index is 6.01. The van der Waals surface area contributed by atoms with E-state index in [4.69, 9.17) is 10.6 Å². The molecule has 0 radical (unpaired) electrons. The molecule has 1 heterocycles. The van der Waals surface area contributed by atoms with E-state index in [9.17, 15) is 0 Å². The van der Waals surface area contributed by atoms with Gasteiger partial charge in [0.2, 0.25) is 0 Å². The van der Waals surface area contributed by atoms with Gasteiger partial charge in [-0.1, -0.05) is 54.2 Å². The van der Waals surface area contributed by atoms with E-state index in [1.54, 1.807) is 23.5 Å². The first-order valence-electron chi connectivity index (χ1n) is 6.92. The minimum atomic E-state index is 0.791. The van der Waals surface area contributed by atoms with E-state index >= 15 is 0 Å². The second-order valence-electron chi connectivity index (χ2n) is 4.82. The Hall–Kier alpha value is -2.40. The fraction of sp³-hybridized carbons (Fsp3) is 0.118. The van der Waals surface area contributed by atoms with E-state index in [-0.39, 0.29) is 0 Å². The molecule has 0 unspecified atom stereocenters. The number of nitrogen functional groups attached to an aromatic ring is 1. The van der Waals surface area contributed by atoms with Crippen molar-refractivity contribution in [3.8, 4) is 17.0 Å². The van der Waals surface area contributed by atoms with Crippen molar-refractivity contribution in [1.82, 2.24) is 9.66 Å². The molecule has 1 aromatic heterocycles. The summed E-state index contributed by atoms with van der Waals surface area (Å²) in [5, 5.41) is 0.793. The molecule has 2 N–H and O–H groups in total. The first-order valence-corrected chi connectivity index (χ1v) is 7.90. The Bertz CT molecular complexity index is 756. The highest BCUT2D eigenvalue weighted by molar-refractivity contribution is 7.98. The molecule has 0 aliphatic heterocycles. The molecule has 0 amide bonds. The van der Waals surface area contributed by atoms with Crippen LogP contribution in [0.15, 0.2) is 66.0 Å². The van der Waals surface area contributed by atoms with E-state index in [1.165, 1.54) is 5.56 Å². The number of nitrogens with two attached hydrogens (primary N) is 1. The minimum Gasteiger partial charge on any atom is -0.497 e. The molecule has 0 fully saturated rings. The molecule has 0 bridgehead atoms. The van der Waals surface area contributed by atoms with Crippen LogP contribution in [0.4, 0.5) is 0 Å². The summed E-state index contributed by atoms with van der Waals surface area (Å²) in [5.74, 6) is 7.66. The van der Waals surface area contributed by atoms with Crippen LogP contribution >= 0.6 is 11.8 Å².